The molecule has 2 rings (SSSR count). The van der Waals surface area contributed by atoms with Gasteiger partial charge in [-0.1, -0.05) is 12.1 Å². The van der Waals surface area contributed by atoms with Crippen molar-refractivity contribution < 1.29 is 31.9 Å². The largest absolute Gasteiger partial charge is 0.465 e. The van der Waals surface area contributed by atoms with Crippen LogP contribution >= 0.6 is 0 Å². The lowest BCUT2D eigenvalue weighted by atomic mass is 10.1. The number of nitrogens with one attached hydrogen (secondary N) is 1. The van der Waals surface area contributed by atoms with E-state index in [0.29, 0.717) is 11.1 Å². The van der Waals surface area contributed by atoms with Gasteiger partial charge in [-0.05, 0) is 42.9 Å². The summed E-state index contributed by atoms with van der Waals surface area (Å²) in [5.41, 5.74) is 0.400. The Morgan fingerprint density at radius 3 is 2.31 bits per heavy atom. The third kappa shape index (κ3) is 4.44. The van der Waals surface area contributed by atoms with Gasteiger partial charge < -0.3 is 9.47 Å². The van der Waals surface area contributed by atoms with Gasteiger partial charge >= 0.3 is 11.9 Å². The Morgan fingerprint density at radius 1 is 1.08 bits per heavy atom. The van der Waals surface area contributed by atoms with E-state index < -0.39 is 33.3 Å². The van der Waals surface area contributed by atoms with Gasteiger partial charge in [0.2, 0.25) is 10.0 Å². The van der Waals surface area contributed by atoms with Crippen LogP contribution in [0, 0.1) is 5.82 Å². The minimum Gasteiger partial charge on any atom is -0.465 e. The summed E-state index contributed by atoms with van der Waals surface area (Å²) in [4.78, 5) is 23.2. The number of sulfonamides is 1. The van der Waals surface area contributed by atoms with E-state index in [1.54, 1.807) is 12.1 Å². The standard InChI is InChI=1S/C17H16FNO6S/c1-19-26(22,23)13-7-8-15(18)14(9-13)17(21)25-10-11-3-5-12(6-4-11)16(20)24-2/h3-9,19H,10H2,1-2H3. The number of hydrogen-bond acceptors (Lipinski definition) is 6. The molecule has 0 aromatic heterocycles. The van der Waals surface area contributed by atoms with E-state index in [1.165, 1.54) is 26.3 Å². The Balaban J connectivity index is 2.13. The van der Waals surface area contributed by atoms with Crippen LogP contribution in [0.15, 0.2) is 47.4 Å². The molecule has 0 atom stereocenters. The summed E-state index contributed by atoms with van der Waals surface area (Å²) < 4.78 is 49.0. The zero-order valence-corrected chi connectivity index (χ0v) is 14.8. The molecule has 0 unspecified atom stereocenters. The fourth-order valence-corrected chi connectivity index (χ4v) is 2.78. The molecule has 0 radical (unpaired) electrons. The molecule has 0 saturated heterocycles. The molecular weight excluding hydrogens is 365 g/mol. The van der Waals surface area contributed by atoms with Gasteiger partial charge in [0.05, 0.1) is 23.1 Å². The van der Waals surface area contributed by atoms with E-state index >= 15 is 0 Å². The van der Waals surface area contributed by atoms with Crippen molar-refractivity contribution in [2.24, 2.45) is 0 Å². The molecule has 2 aromatic rings. The number of methoxy groups -OCH3 is 1. The van der Waals surface area contributed by atoms with Gasteiger partial charge in [0, 0.05) is 0 Å². The second-order valence-corrected chi connectivity index (χ2v) is 7.00. The average Bonchev–Trinajstić information content (AvgIpc) is 2.66. The summed E-state index contributed by atoms with van der Waals surface area (Å²) >= 11 is 0. The normalized spacial score (nSPS) is 11.0. The Labute approximate surface area is 149 Å². The Bertz CT molecular complexity index is 925. The van der Waals surface area contributed by atoms with E-state index in [4.69, 9.17) is 4.74 Å². The Kier molecular flexibility index (Phi) is 6.06. The molecule has 0 saturated carbocycles. The van der Waals surface area contributed by atoms with Crippen molar-refractivity contribution in [2.75, 3.05) is 14.2 Å². The zero-order chi connectivity index (χ0) is 19.3. The van der Waals surface area contributed by atoms with Gasteiger partial charge in [-0.2, -0.15) is 0 Å². The Morgan fingerprint density at radius 2 is 1.73 bits per heavy atom. The van der Waals surface area contributed by atoms with Gasteiger partial charge in [-0.3, -0.25) is 0 Å². The summed E-state index contributed by atoms with van der Waals surface area (Å²) in [6.45, 7) is -0.178. The summed E-state index contributed by atoms with van der Waals surface area (Å²) in [6, 6.07) is 8.93. The minimum atomic E-state index is -3.82. The first-order chi connectivity index (χ1) is 12.3. The quantitative estimate of drug-likeness (QED) is 0.767. The van der Waals surface area contributed by atoms with Crippen molar-refractivity contribution in [1.29, 1.82) is 0 Å². The predicted molar refractivity (Wildman–Crippen MR) is 89.5 cm³/mol. The highest BCUT2D eigenvalue weighted by molar-refractivity contribution is 7.89. The summed E-state index contributed by atoms with van der Waals surface area (Å²) in [7, 11) is -1.36. The number of rotatable bonds is 6. The van der Waals surface area contributed by atoms with Gasteiger partial charge in [0.1, 0.15) is 12.4 Å². The molecule has 7 nitrogen and oxygen atoms in total. The lowest BCUT2D eigenvalue weighted by Gasteiger charge is -2.08. The monoisotopic (exact) mass is 381 g/mol. The number of carbonyl (C=O) groups is 2. The number of halogens is 1. The van der Waals surface area contributed by atoms with Crippen LogP contribution < -0.4 is 4.72 Å². The maximum Gasteiger partial charge on any atom is 0.341 e. The SMILES string of the molecule is CNS(=O)(=O)c1ccc(F)c(C(=O)OCc2ccc(C(=O)OC)cc2)c1. The molecule has 138 valence electrons. The minimum absolute atomic E-state index is 0.178. The third-order valence-corrected chi connectivity index (χ3v) is 4.89. The van der Waals surface area contributed by atoms with Crippen molar-refractivity contribution in [2.45, 2.75) is 11.5 Å². The first kappa shape index (κ1) is 19.5. The van der Waals surface area contributed by atoms with E-state index in [-0.39, 0.29) is 11.5 Å². The lowest BCUT2D eigenvalue weighted by Crippen LogP contribution is -2.19. The average molecular weight is 381 g/mol. The van der Waals surface area contributed by atoms with Crippen LogP contribution in [0.2, 0.25) is 0 Å². The molecule has 2 aromatic carbocycles. The fraction of sp³-hybridized carbons (Fsp3) is 0.176. The van der Waals surface area contributed by atoms with Crippen molar-refractivity contribution in [3.8, 4) is 0 Å². The van der Waals surface area contributed by atoms with Crippen LogP contribution in [0.3, 0.4) is 0 Å². The van der Waals surface area contributed by atoms with Crippen LogP contribution in [0.4, 0.5) is 4.39 Å². The zero-order valence-electron chi connectivity index (χ0n) is 14.0. The van der Waals surface area contributed by atoms with Crippen LogP contribution in [-0.4, -0.2) is 34.5 Å². The first-order valence-corrected chi connectivity index (χ1v) is 8.84. The van der Waals surface area contributed by atoms with Gasteiger partial charge in [0.25, 0.3) is 0 Å². The van der Waals surface area contributed by atoms with E-state index in [9.17, 15) is 22.4 Å². The van der Waals surface area contributed by atoms with Crippen molar-refractivity contribution in [3.63, 3.8) is 0 Å². The maximum absolute atomic E-state index is 13.9. The highest BCUT2D eigenvalue weighted by Crippen LogP contribution is 2.17. The molecule has 26 heavy (non-hydrogen) atoms. The van der Waals surface area contributed by atoms with E-state index in [2.05, 4.69) is 9.46 Å². The molecule has 9 heteroatoms. The highest BCUT2D eigenvalue weighted by atomic mass is 32.2. The molecule has 0 amide bonds. The van der Waals surface area contributed by atoms with Gasteiger partial charge in [-0.15, -0.1) is 0 Å². The fourth-order valence-electron chi connectivity index (χ4n) is 2.03. The van der Waals surface area contributed by atoms with Gasteiger partial charge in [0.15, 0.2) is 0 Å². The number of esters is 2. The number of hydrogen-bond donors (Lipinski definition) is 1. The van der Waals surface area contributed by atoms with Crippen molar-refractivity contribution in [1.82, 2.24) is 4.72 Å². The molecule has 0 aliphatic carbocycles. The van der Waals surface area contributed by atoms with Crippen molar-refractivity contribution >= 4 is 22.0 Å². The summed E-state index contributed by atoms with van der Waals surface area (Å²) in [5.74, 6) is -2.41. The second-order valence-electron chi connectivity index (χ2n) is 5.11. The molecule has 0 aliphatic rings. The lowest BCUT2D eigenvalue weighted by molar-refractivity contribution is 0.0465. The number of carbonyl (C=O) groups excluding carboxylic acids is 2. The van der Waals surface area contributed by atoms with E-state index in [1.807, 2.05) is 0 Å². The molecule has 0 bridgehead atoms. The molecule has 1 N–H and O–H groups in total. The molecular formula is C17H16FNO6S. The summed E-state index contributed by atoms with van der Waals surface area (Å²) in [5, 5.41) is 0. The third-order valence-electron chi connectivity index (χ3n) is 3.48. The van der Waals surface area contributed by atoms with E-state index in [0.717, 1.165) is 18.2 Å². The number of benzene rings is 2. The number of ether oxygens (including phenoxy) is 2. The maximum atomic E-state index is 13.9. The molecule has 0 aliphatic heterocycles. The van der Waals surface area contributed by atoms with Crippen LogP contribution in [0.1, 0.15) is 26.3 Å². The van der Waals surface area contributed by atoms with Gasteiger partial charge in [-0.25, -0.2) is 27.1 Å². The molecule has 0 heterocycles. The first-order valence-electron chi connectivity index (χ1n) is 7.36. The highest BCUT2D eigenvalue weighted by Gasteiger charge is 2.19. The van der Waals surface area contributed by atoms with Crippen LogP contribution in [0.5, 0.6) is 0 Å². The molecule has 0 fully saturated rings. The summed E-state index contributed by atoms with van der Waals surface area (Å²) in [6.07, 6.45) is 0. The smallest absolute Gasteiger partial charge is 0.341 e. The van der Waals surface area contributed by atoms with Crippen LogP contribution in [0.25, 0.3) is 0 Å². The second kappa shape index (κ2) is 8.07. The topological polar surface area (TPSA) is 98.8 Å². The van der Waals surface area contributed by atoms with Crippen LogP contribution in [-0.2, 0) is 26.1 Å². The van der Waals surface area contributed by atoms with Crippen molar-refractivity contribution in [3.05, 3.63) is 65.0 Å². The predicted octanol–water partition coefficient (Wildman–Crippen LogP) is 1.88. The Hall–Kier alpha value is -2.78. The molecule has 0 spiro atoms.